The maximum Gasteiger partial charge on any atom is 0.110 e. The average molecular weight is 312 g/mol. The van der Waals surface area contributed by atoms with E-state index in [1.807, 2.05) is 24.4 Å². The van der Waals surface area contributed by atoms with Gasteiger partial charge < -0.3 is 10.3 Å². The van der Waals surface area contributed by atoms with Gasteiger partial charge in [-0.05, 0) is 38.5 Å². The molecule has 0 aliphatic heterocycles. The molecule has 2 aromatic rings. The second-order valence-electron chi connectivity index (χ2n) is 5.88. The van der Waals surface area contributed by atoms with E-state index in [1.165, 1.54) is 0 Å². The normalized spacial score (nSPS) is 11.8. The zero-order valence-corrected chi connectivity index (χ0v) is 13.4. The summed E-state index contributed by atoms with van der Waals surface area (Å²) < 4.78 is 0. The zero-order valence-electron chi connectivity index (χ0n) is 11.9. The van der Waals surface area contributed by atoms with Crippen LogP contribution in [0.25, 0.3) is 0 Å². The Hall–Kier alpha value is -1.03. The number of halogens is 2. The van der Waals surface area contributed by atoms with Gasteiger partial charge in [-0.3, -0.25) is 0 Å². The first-order valence-corrected chi connectivity index (χ1v) is 7.31. The highest BCUT2D eigenvalue weighted by Gasteiger charge is 2.10. The van der Waals surface area contributed by atoms with Crippen molar-refractivity contribution in [2.75, 3.05) is 0 Å². The molecule has 0 aliphatic carbocycles. The molecule has 0 amide bonds. The van der Waals surface area contributed by atoms with Crippen molar-refractivity contribution in [2.24, 2.45) is 0 Å². The summed E-state index contributed by atoms with van der Waals surface area (Å²) in [5, 5.41) is 4.57. The fraction of sp³-hybridized carbons (Fsp3) is 0.400. The van der Waals surface area contributed by atoms with Gasteiger partial charge in [0.05, 0.1) is 10.0 Å². The van der Waals surface area contributed by atoms with Crippen LogP contribution >= 0.6 is 23.2 Å². The van der Waals surface area contributed by atoms with Crippen molar-refractivity contribution in [2.45, 2.75) is 39.3 Å². The van der Waals surface area contributed by atoms with Crippen LogP contribution in [0.15, 0.2) is 24.4 Å². The number of aromatic nitrogens is 2. The van der Waals surface area contributed by atoms with Crippen molar-refractivity contribution in [3.63, 3.8) is 0 Å². The predicted molar refractivity (Wildman–Crippen MR) is 84.4 cm³/mol. The highest BCUT2D eigenvalue weighted by atomic mass is 35.5. The SMILES string of the molecule is CC(C)(C)NCc1cnc(Cc2ccc(Cl)c(Cl)c2)[nH]1. The van der Waals surface area contributed by atoms with Crippen LogP contribution in [0.1, 0.15) is 37.9 Å². The fourth-order valence-corrected chi connectivity index (χ4v) is 2.11. The molecule has 0 unspecified atom stereocenters. The van der Waals surface area contributed by atoms with Gasteiger partial charge in [-0.15, -0.1) is 0 Å². The van der Waals surface area contributed by atoms with Gasteiger partial charge in [0, 0.05) is 30.4 Å². The second-order valence-corrected chi connectivity index (χ2v) is 6.70. The van der Waals surface area contributed by atoms with Crippen molar-refractivity contribution >= 4 is 23.2 Å². The van der Waals surface area contributed by atoms with Gasteiger partial charge >= 0.3 is 0 Å². The lowest BCUT2D eigenvalue weighted by molar-refractivity contribution is 0.421. The largest absolute Gasteiger partial charge is 0.345 e. The first-order valence-electron chi connectivity index (χ1n) is 6.55. The van der Waals surface area contributed by atoms with Crippen molar-refractivity contribution < 1.29 is 0 Å². The third kappa shape index (κ3) is 4.51. The second kappa shape index (κ2) is 6.17. The standard InChI is InChI=1S/C15H19Cl2N3/c1-15(2,3)19-9-11-8-18-14(20-11)7-10-4-5-12(16)13(17)6-10/h4-6,8,19H,7,9H2,1-3H3,(H,18,20). The lowest BCUT2D eigenvalue weighted by Gasteiger charge is -2.19. The Morgan fingerprint density at radius 1 is 1.20 bits per heavy atom. The van der Waals surface area contributed by atoms with E-state index < -0.39 is 0 Å². The minimum absolute atomic E-state index is 0.0922. The zero-order chi connectivity index (χ0) is 14.8. The Labute approximate surface area is 129 Å². The molecule has 0 saturated heterocycles. The number of nitrogens with one attached hydrogen (secondary N) is 2. The highest BCUT2D eigenvalue weighted by molar-refractivity contribution is 6.42. The molecule has 0 spiro atoms. The molecule has 2 rings (SSSR count). The number of nitrogens with zero attached hydrogens (tertiary/aromatic N) is 1. The van der Waals surface area contributed by atoms with E-state index in [9.17, 15) is 0 Å². The lowest BCUT2D eigenvalue weighted by atomic mass is 10.1. The molecule has 0 saturated carbocycles. The lowest BCUT2D eigenvalue weighted by Crippen LogP contribution is -2.35. The smallest absolute Gasteiger partial charge is 0.110 e. The van der Waals surface area contributed by atoms with Gasteiger partial charge in [-0.1, -0.05) is 29.3 Å². The number of hydrogen-bond acceptors (Lipinski definition) is 2. The molecule has 1 aromatic heterocycles. The summed E-state index contributed by atoms with van der Waals surface area (Å²) in [5.74, 6) is 0.925. The minimum atomic E-state index is 0.0922. The van der Waals surface area contributed by atoms with Crippen LogP contribution in [0.5, 0.6) is 0 Å². The van der Waals surface area contributed by atoms with E-state index in [2.05, 4.69) is 36.1 Å². The molecule has 20 heavy (non-hydrogen) atoms. The van der Waals surface area contributed by atoms with Gasteiger partial charge in [-0.25, -0.2) is 4.98 Å². The molecule has 0 aliphatic rings. The summed E-state index contributed by atoms with van der Waals surface area (Å²) in [5.41, 5.74) is 2.26. The summed E-state index contributed by atoms with van der Waals surface area (Å²) >= 11 is 11.9. The van der Waals surface area contributed by atoms with Crippen LogP contribution in [-0.2, 0) is 13.0 Å². The minimum Gasteiger partial charge on any atom is -0.345 e. The quantitative estimate of drug-likeness (QED) is 0.888. The number of aromatic amines is 1. The van der Waals surface area contributed by atoms with Crippen LogP contribution in [0.3, 0.4) is 0 Å². The average Bonchev–Trinajstić information content (AvgIpc) is 2.78. The molecule has 1 heterocycles. The molecule has 0 fully saturated rings. The van der Waals surface area contributed by atoms with E-state index in [0.29, 0.717) is 16.5 Å². The van der Waals surface area contributed by atoms with Crippen molar-refractivity contribution in [1.82, 2.24) is 15.3 Å². The Bertz CT molecular complexity index is 585. The van der Waals surface area contributed by atoms with Gasteiger partial charge in [0.15, 0.2) is 0 Å². The maximum atomic E-state index is 6.01. The van der Waals surface area contributed by atoms with Crippen LogP contribution < -0.4 is 5.32 Å². The number of rotatable bonds is 4. The highest BCUT2D eigenvalue weighted by Crippen LogP contribution is 2.23. The monoisotopic (exact) mass is 311 g/mol. The number of H-pyrrole nitrogens is 1. The Kier molecular flexibility index (Phi) is 4.74. The maximum absolute atomic E-state index is 6.01. The van der Waals surface area contributed by atoms with Crippen molar-refractivity contribution in [3.05, 3.63) is 51.5 Å². The Morgan fingerprint density at radius 3 is 2.60 bits per heavy atom. The van der Waals surface area contributed by atoms with Crippen LogP contribution in [0.4, 0.5) is 0 Å². The first-order chi connectivity index (χ1) is 9.33. The van der Waals surface area contributed by atoms with Gasteiger partial charge in [-0.2, -0.15) is 0 Å². The summed E-state index contributed by atoms with van der Waals surface area (Å²) in [6.45, 7) is 7.19. The van der Waals surface area contributed by atoms with E-state index >= 15 is 0 Å². The Balaban J connectivity index is 2.00. The van der Waals surface area contributed by atoms with E-state index in [-0.39, 0.29) is 5.54 Å². The van der Waals surface area contributed by atoms with Gasteiger partial charge in [0.25, 0.3) is 0 Å². The summed E-state index contributed by atoms with van der Waals surface area (Å²) in [4.78, 5) is 7.71. The summed E-state index contributed by atoms with van der Waals surface area (Å²) in [6.07, 6.45) is 2.58. The summed E-state index contributed by atoms with van der Waals surface area (Å²) in [7, 11) is 0. The third-order valence-corrected chi connectivity index (χ3v) is 3.58. The Morgan fingerprint density at radius 2 is 1.95 bits per heavy atom. The molecule has 0 bridgehead atoms. The topological polar surface area (TPSA) is 40.7 Å². The fourth-order valence-electron chi connectivity index (χ4n) is 1.79. The van der Waals surface area contributed by atoms with Crippen molar-refractivity contribution in [3.8, 4) is 0 Å². The number of benzene rings is 1. The predicted octanol–water partition coefficient (Wildman–Crippen LogP) is 4.20. The number of hydrogen-bond donors (Lipinski definition) is 2. The molecule has 0 radical (unpaired) electrons. The molecule has 0 atom stereocenters. The van der Waals surface area contributed by atoms with Crippen LogP contribution in [-0.4, -0.2) is 15.5 Å². The molecule has 108 valence electrons. The van der Waals surface area contributed by atoms with Gasteiger partial charge in [0.1, 0.15) is 5.82 Å². The van der Waals surface area contributed by atoms with E-state index in [4.69, 9.17) is 23.2 Å². The molecule has 5 heteroatoms. The summed E-state index contributed by atoms with van der Waals surface area (Å²) in [6, 6.07) is 5.65. The van der Waals surface area contributed by atoms with Crippen LogP contribution in [0, 0.1) is 0 Å². The van der Waals surface area contributed by atoms with E-state index in [0.717, 1.165) is 23.6 Å². The molecular weight excluding hydrogens is 293 g/mol. The van der Waals surface area contributed by atoms with Crippen molar-refractivity contribution in [1.29, 1.82) is 0 Å². The van der Waals surface area contributed by atoms with Gasteiger partial charge in [0.2, 0.25) is 0 Å². The molecule has 3 nitrogen and oxygen atoms in total. The molecular formula is C15H19Cl2N3. The van der Waals surface area contributed by atoms with Crippen LogP contribution in [0.2, 0.25) is 10.0 Å². The third-order valence-electron chi connectivity index (χ3n) is 2.85. The molecule has 2 N–H and O–H groups in total. The van der Waals surface area contributed by atoms with E-state index in [1.54, 1.807) is 0 Å². The number of imidazole rings is 1. The first kappa shape index (κ1) is 15.4. The molecule has 1 aromatic carbocycles.